The maximum atomic E-state index is 11.8. The summed E-state index contributed by atoms with van der Waals surface area (Å²) in [6.07, 6.45) is 0. The molecule has 8 heteroatoms. The molecule has 2 aromatic rings. The summed E-state index contributed by atoms with van der Waals surface area (Å²) in [4.78, 5) is 13.0. The normalized spacial score (nSPS) is 10.4. The van der Waals surface area contributed by atoms with Gasteiger partial charge >= 0.3 is 0 Å². The lowest BCUT2D eigenvalue weighted by atomic mass is 10.4. The number of nitrogens with zero attached hydrogens (tertiary/aromatic N) is 2. The Labute approximate surface area is 142 Å². The monoisotopic (exact) mass is 354 g/mol. The predicted octanol–water partition coefficient (Wildman–Crippen LogP) is 2.97. The maximum absolute atomic E-state index is 11.8. The van der Waals surface area contributed by atoms with Crippen LogP contribution >= 0.6 is 34.9 Å². The van der Waals surface area contributed by atoms with Crippen molar-refractivity contribution in [3.8, 4) is 0 Å². The predicted molar refractivity (Wildman–Crippen MR) is 95.0 cm³/mol. The number of aromatic nitrogens is 2. The van der Waals surface area contributed by atoms with Crippen molar-refractivity contribution in [2.24, 2.45) is 0 Å². The average Bonchev–Trinajstić information content (AvgIpc) is 2.99. The Kier molecular flexibility index (Phi) is 7.55. The van der Waals surface area contributed by atoms with Crippen LogP contribution in [0.5, 0.6) is 0 Å². The SMILES string of the molecule is CCNc1nnc(SCC(=O)NCCSc2ccccc2)s1. The molecule has 1 aromatic heterocycles. The Morgan fingerprint density at radius 2 is 2.05 bits per heavy atom. The van der Waals surface area contributed by atoms with Crippen molar-refractivity contribution in [2.75, 3.05) is 29.9 Å². The van der Waals surface area contributed by atoms with E-state index in [2.05, 4.69) is 33.0 Å². The van der Waals surface area contributed by atoms with Gasteiger partial charge in [0, 0.05) is 23.7 Å². The molecule has 0 radical (unpaired) electrons. The number of thioether (sulfide) groups is 2. The molecule has 1 aromatic carbocycles. The highest BCUT2D eigenvalue weighted by Crippen LogP contribution is 2.25. The summed E-state index contributed by atoms with van der Waals surface area (Å²) in [5, 5.41) is 14.8. The summed E-state index contributed by atoms with van der Waals surface area (Å²) >= 11 is 4.62. The maximum Gasteiger partial charge on any atom is 0.230 e. The van der Waals surface area contributed by atoms with Gasteiger partial charge in [-0.05, 0) is 19.1 Å². The van der Waals surface area contributed by atoms with Gasteiger partial charge in [-0.25, -0.2) is 0 Å². The van der Waals surface area contributed by atoms with Crippen LogP contribution in [0.4, 0.5) is 5.13 Å². The topological polar surface area (TPSA) is 66.9 Å². The molecule has 1 heterocycles. The van der Waals surface area contributed by atoms with Crippen molar-refractivity contribution in [1.29, 1.82) is 0 Å². The minimum Gasteiger partial charge on any atom is -0.360 e. The lowest BCUT2D eigenvalue weighted by Gasteiger charge is -2.04. The summed E-state index contributed by atoms with van der Waals surface area (Å²) in [5.74, 6) is 1.26. The van der Waals surface area contributed by atoms with Crippen LogP contribution in [-0.4, -0.2) is 40.7 Å². The van der Waals surface area contributed by atoms with Crippen molar-refractivity contribution in [3.05, 3.63) is 30.3 Å². The first-order valence-corrected chi connectivity index (χ1v) is 9.71. The smallest absolute Gasteiger partial charge is 0.230 e. The van der Waals surface area contributed by atoms with Gasteiger partial charge in [0.1, 0.15) is 0 Å². The second kappa shape index (κ2) is 9.70. The second-order valence-corrected chi connectivity index (χ2v) is 7.57. The van der Waals surface area contributed by atoms with E-state index in [-0.39, 0.29) is 5.91 Å². The number of benzene rings is 1. The van der Waals surface area contributed by atoms with Gasteiger partial charge in [-0.2, -0.15) is 0 Å². The van der Waals surface area contributed by atoms with E-state index in [1.807, 2.05) is 25.1 Å². The van der Waals surface area contributed by atoms with E-state index in [0.717, 1.165) is 21.8 Å². The van der Waals surface area contributed by atoms with Crippen LogP contribution in [0.2, 0.25) is 0 Å². The quantitative estimate of drug-likeness (QED) is 0.533. The molecular formula is C14H18N4OS3. The lowest BCUT2D eigenvalue weighted by molar-refractivity contribution is -0.118. The molecule has 0 spiro atoms. The van der Waals surface area contributed by atoms with Gasteiger partial charge in [0.15, 0.2) is 4.34 Å². The van der Waals surface area contributed by atoms with Gasteiger partial charge in [-0.3, -0.25) is 4.79 Å². The number of amides is 1. The van der Waals surface area contributed by atoms with Crippen molar-refractivity contribution in [3.63, 3.8) is 0 Å². The van der Waals surface area contributed by atoms with Gasteiger partial charge in [0.05, 0.1) is 5.75 Å². The van der Waals surface area contributed by atoms with Crippen molar-refractivity contribution in [1.82, 2.24) is 15.5 Å². The third-order valence-corrected chi connectivity index (χ3v) is 5.53. The molecule has 22 heavy (non-hydrogen) atoms. The largest absolute Gasteiger partial charge is 0.360 e. The Morgan fingerprint density at radius 3 is 2.82 bits per heavy atom. The standard InChI is InChI=1S/C14H18N4OS3/c1-2-15-13-17-18-14(22-13)21-10-12(19)16-8-9-20-11-6-4-3-5-7-11/h3-7H,2,8-10H2,1H3,(H,15,17)(H,16,19). The van der Waals surface area contributed by atoms with Crippen LogP contribution in [0, 0.1) is 0 Å². The zero-order chi connectivity index (χ0) is 15.6. The summed E-state index contributed by atoms with van der Waals surface area (Å²) < 4.78 is 0.810. The molecule has 2 N–H and O–H groups in total. The molecule has 0 atom stereocenters. The number of hydrogen-bond acceptors (Lipinski definition) is 7. The fourth-order valence-corrected chi connectivity index (χ4v) is 3.98. The first kappa shape index (κ1) is 17.1. The molecule has 5 nitrogen and oxygen atoms in total. The van der Waals surface area contributed by atoms with Crippen LogP contribution in [0.15, 0.2) is 39.6 Å². The zero-order valence-corrected chi connectivity index (χ0v) is 14.7. The Balaban J connectivity index is 1.59. The van der Waals surface area contributed by atoms with Gasteiger partial charge in [0.25, 0.3) is 0 Å². The number of rotatable bonds is 9. The molecule has 0 bridgehead atoms. The van der Waals surface area contributed by atoms with Gasteiger partial charge in [-0.15, -0.1) is 22.0 Å². The van der Waals surface area contributed by atoms with Crippen molar-refractivity contribution >= 4 is 45.9 Å². The minimum absolute atomic E-state index is 0.0267. The molecule has 0 fully saturated rings. The summed E-state index contributed by atoms with van der Waals surface area (Å²) in [7, 11) is 0. The van der Waals surface area contributed by atoms with Gasteiger partial charge < -0.3 is 10.6 Å². The number of carbonyl (C=O) groups is 1. The molecule has 0 aliphatic heterocycles. The number of nitrogens with one attached hydrogen (secondary N) is 2. The highest BCUT2D eigenvalue weighted by molar-refractivity contribution is 8.01. The van der Waals surface area contributed by atoms with E-state index in [9.17, 15) is 4.79 Å². The van der Waals surface area contributed by atoms with Crippen molar-refractivity contribution < 1.29 is 4.79 Å². The summed E-state index contributed by atoms with van der Waals surface area (Å²) in [5.41, 5.74) is 0. The third kappa shape index (κ3) is 6.25. The van der Waals surface area contributed by atoms with E-state index in [1.54, 1.807) is 11.8 Å². The van der Waals surface area contributed by atoms with Crippen LogP contribution < -0.4 is 10.6 Å². The molecule has 0 unspecified atom stereocenters. The number of carbonyl (C=O) groups excluding carboxylic acids is 1. The molecule has 0 aliphatic carbocycles. The fourth-order valence-electron chi connectivity index (χ4n) is 1.55. The van der Waals surface area contributed by atoms with Crippen LogP contribution in [-0.2, 0) is 4.79 Å². The molecule has 0 saturated carbocycles. The first-order valence-electron chi connectivity index (χ1n) is 6.92. The third-order valence-electron chi connectivity index (χ3n) is 2.50. The van der Waals surface area contributed by atoms with Gasteiger partial charge in [0.2, 0.25) is 11.0 Å². The highest BCUT2D eigenvalue weighted by Gasteiger charge is 2.07. The Morgan fingerprint density at radius 1 is 1.23 bits per heavy atom. The number of hydrogen-bond donors (Lipinski definition) is 2. The van der Waals surface area contributed by atoms with E-state index in [0.29, 0.717) is 12.3 Å². The Hall–Kier alpha value is -1.25. The first-order chi connectivity index (χ1) is 10.8. The minimum atomic E-state index is 0.0267. The molecule has 118 valence electrons. The fraction of sp³-hybridized carbons (Fsp3) is 0.357. The molecule has 0 saturated heterocycles. The summed E-state index contributed by atoms with van der Waals surface area (Å²) in [6, 6.07) is 10.2. The van der Waals surface area contributed by atoms with Gasteiger partial charge in [-0.1, -0.05) is 41.3 Å². The molecule has 0 aliphatic rings. The Bertz CT molecular complexity index is 576. The van der Waals surface area contributed by atoms with E-state index in [1.165, 1.54) is 28.0 Å². The van der Waals surface area contributed by atoms with E-state index >= 15 is 0 Å². The van der Waals surface area contributed by atoms with Crippen LogP contribution in [0.3, 0.4) is 0 Å². The molecule has 2 rings (SSSR count). The lowest BCUT2D eigenvalue weighted by Crippen LogP contribution is -2.27. The highest BCUT2D eigenvalue weighted by atomic mass is 32.2. The zero-order valence-electron chi connectivity index (χ0n) is 12.2. The average molecular weight is 355 g/mol. The van der Waals surface area contributed by atoms with Crippen LogP contribution in [0.1, 0.15) is 6.92 Å². The van der Waals surface area contributed by atoms with E-state index in [4.69, 9.17) is 0 Å². The molecule has 1 amide bonds. The van der Waals surface area contributed by atoms with Crippen molar-refractivity contribution in [2.45, 2.75) is 16.2 Å². The second-order valence-electron chi connectivity index (χ2n) is 4.20. The summed E-state index contributed by atoms with van der Waals surface area (Å²) in [6.45, 7) is 3.49. The van der Waals surface area contributed by atoms with E-state index < -0.39 is 0 Å². The molecular weight excluding hydrogens is 336 g/mol. The van der Waals surface area contributed by atoms with Crippen LogP contribution in [0.25, 0.3) is 0 Å². The number of anilines is 1.